The van der Waals surface area contributed by atoms with Crippen molar-refractivity contribution < 1.29 is 19.1 Å². The van der Waals surface area contributed by atoms with Crippen LogP contribution < -0.4 is 4.74 Å². The molecule has 0 aromatic heterocycles. The summed E-state index contributed by atoms with van der Waals surface area (Å²) < 4.78 is 10.7. The van der Waals surface area contributed by atoms with Crippen molar-refractivity contribution in [3.8, 4) is 5.75 Å². The first-order valence-corrected chi connectivity index (χ1v) is 6.74. The number of benzene rings is 1. The minimum atomic E-state index is -1.61. The Labute approximate surface area is 118 Å². The molecule has 1 aliphatic heterocycles. The van der Waals surface area contributed by atoms with Gasteiger partial charge in [0.05, 0.1) is 12.2 Å². The average molecular weight is 274 g/mol. The Kier molecular flexibility index (Phi) is 3.93. The average Bonchev–Trinajstić information content (AvgIpc) is 2.74. The van der Waals surface area contributed by atoms with Crippen molar-refractivity contribution in [3.63, 3.8) is 0 Å². The number of hydrogen-bond acceptors (Lipinski definition) is 4. The van der Waals surface area contributed by atoms with E-state index < -0.39 is 11.6 Å². The van der Waals surface area contributed by atoms with Crippen LogP contribution in [0, 0.1) is 0 Å². The van der Waals surface area contributed by atoms with Crippen LogP contribution in [0.3, 0.4) is 0 Å². The molecule has 1 atom stereocenters. The number of fused-ring (bicyclic) bond motifs is 1. The Morgan fingerprint density at radius 2 is 2.20 bits per heavy atom. The molecule has 2 rings (SSSR count). The van der Waals surface area contributed by atoms with Gasteiger partial charge < -0.3 is 9.47 Å². The molecule has 0 N–H and O–H groups in total. The van der Waals surface area contributed by atoms with Crippen molar-refractivity contribution >= 4 is 11.8 Å². The number of carbonyl (C=O) groups excluding carboxylic acids is 2. The maximum atomic E-state index is 12.7. The molecule has 0 amide bonds. The van der Waals surface area contributed by atoms with Crippen molar-refractivity contribution in [3.05, 3.63) is 42.0 Å². The third-order valence-electron chi connectivity index (χ3n) is 3.41. The van der Waals surface area contributed by atoms with Gasteiger partial charge in [0, 0.05) is 6.42 Å². The number of esters is 1. The second-order valence-electron chi connectivity index (χ2n) is 4.62. The van der Waals surface area contributed by atoms with Crippen LogP contribution in [-0.2, 0) is 16.0 Å². The maximum absolute atomic E-state index is 12.7. The van der Waals surface area contributed by atoms with E-state index in [0.717, 1.165) is 5.56 Å². The minimum Gasteiger partial charge on any atom is -0.466 e. The molecule has 20 heavy (non-hydrogen) atoms. The van der Waals surface area contributed by atoms with Crippen molar-refractivity contribution in [2.45, 2.75) is 32.3 Å². The predicted molar refractivity (Wildman–Crippen MR) is 75.0 cm³/mol. The van der Waals surface area contributed by atoms with Crippen LogP contribution in [-0.4, -0.2) is 24.0 Å². The van der Waals surface area contributed by atoms with Crippen LogP contribution >= 0.6 is 0 Å². The van der Waals surface area contributed by atoms with Gasteiger partial charge in [0.1, 0.15) is 5.75 Å². The lowest BCUT2D eigenvalue weighted by atomic mass is 9.89. The SMILES string of the molecule is C=CCC1(C(=O)OCC)Oc2cccc(CC)c2C1=O. The zero-order valence-corrected chi connectivity index (χ0v) is 11.8. The van der Waals surface area contributed by atoms with E-state index in [-0.39, 0.29) is 18.8 Å². The van der Waals surface area contributed by atoms with E-state index >= 15 is 0 Å². The molecule has 0 aliphatic carbocycles. The van der Waals surface area contributed by atoms with Gasteiger partial charge in [0.15, 0.2) is 0 Å². The lowest BCUT2D eigenvalue weighted by Crippen LogP contribution is -2.49. The lowest BCUT2D eigenvalue weighted by molar-refractivity contribution is -0.156. The van der Waals surface area contributed by atoms with Gasteiger partial charge in [-0.2, -0.15) is 0 Å². The number of Topliss-reactive ketones (excluding diaryl/α,β-unsaturated/α-hetero) is 1. The number of hydrogen-bond donors (Lipinski definition) is 0. The Balaban J connectivity index is 2.51. The Hall–Kier alpha value is -2.10. The molecule has 0 radical (unpaired) electrons. The third-order valence-corrected chi connectivity index (χ3v) is 3.41. The summed E-state index contributed by atoms with van der Waals surface area (Å²) in [5.74, 6) is -0.532. The quantitative estimate of drug-likeness (QED) is 0.470. The summed E-state index contributed by atoms with van der Waals surface area (Å²) in [6.45, 7) is 7.47. The summed E-state index contributed by atoms with van der Waals surface area (Å²) in [7, 11) is 0. The molecule has 1 heterocycles. The van der Waals surface area contributed by atoms with Crippen LogP contribution in [0.1, 0.15) is 36.2 Å². The van der Waals surface area contributed by atoms with Crippen molar-refractivity contribution in [1.29, 1.82) is 0 Å². The molecule has 4 nitrogen and oxygen atoms in total. The molecule has 1 aromatic carbocycles. The first-order valence-electron chi connectivity index (χ1n) is 6.74. The van der Waals surface area contributed by atoms with E-state index in [0.29, 0.717) is 17.7 Å². The van der Waals surface area contributed by atoms with Crippen LogP contribution in [0.4, 0.5) is 0 Å². The van der Waals surface area contributed by atoms with E-state index in [1.54, 1.807) is 13.0 Å². The van der Waals surface area contributed by atoms with E-state index in [1.165, 1.54) is 6.08 Å². The summed E-state index contributed by atoms with van der Waals surface area (Å²) in [5.41, 5.74) is -0.238. The van der Waals surface area contributed by atoms with Crippen LogP contribution in [0.15, 0.2) is 30.9 Å². The second-order valence-corrected chi connectivity index (χ2v) is 4.62. The molecule has 106 valence electrons. The summed E-state index contributed by atoms with van der Waals surface area (Å²) in [6, 6.07) is 5.39. The van der Waals surface area contributed by atoms with Gasteiger partial charge in [0.25, 0.3) is 5.60 Å². The van der Waals surface area contributed by atoms with Gasteiger partial charge in [-0.05, 0) is 25.0 Å². The van der Waals surface area contributed by atoms with Gasteiger partial charge >= 0.3 is 5.97 Å². The normalized spacial score (nSPS) is 20.2. The minimum absolute atomic E-state index is 0.0997. The molecule has 0 bridgehead atoms. The highest BCUT2D eigenvalue weighted by Crippen LogP contribution is 2.40. The number of aryl methyl sites for hydroxylation is 1. The highest BCUT2D eigenvalue weighted by molar-refractivity contribution is 6.20. The summed E-state index contributed by atoms with van der Waals surface area (Å²) >= 11 is 0. The molecule has 4 heteroatoms. The Morgan fingerprint density at radius 3 is 2.80 bits per heavy atom. The van der Waals surface area contributed by atoms with E-state index in [4.69, 9.17) is 9.47 Å². The molecule has 1 unspecified atom stereocenters. The molecule has 0 saturated heterocycles. The van der Waals surface area contributed by atoms with Crippen LogP contribution in [0.5, 0.6) is 5.75 Å². The standard InChI is InChI=1S/C16H18O4/c1-4-10-16(15(18)19-6-3)14(17)13-11(5-2)8-7-9-12(13)20-16/h4,7-9H,1,5-6,10H2,2-3H3. The lowest BCUT2D eigenvalue weighted by Gasteiger charge is -2.23. The third kappa shape index (κ3) is 2.01. The van der Waals surface area contributed by atoms with Gasteiger partial charge in [-0.15, -0.1) is 6.58 Å². The highest BCUT2D eigenvalue weighted by Gasteiger charge is 2.55. The molecular weight excluding hydrogens is 256 g/mol. The fourth-order valence-corrected chi connectivity index (χ4v) is 2.45. The molecular formula is C16H18O4. The Morgan fingerprint density at radius 1 is 1.45 bits per heavy atom. The van der Waals surface area contributed by atoms with Crippen molar-refractivity contribution in [2.24, 2.45) is 0 Å². The van der Waals surface area contributed by atoms with Crippen molar-refractivity contribution in [1.82, 2.24) is 0 Å². The summed E-state index contributed by atoms with van der Waals surface area (Å²) in [5, 5.41) is 0. The van der Waals surface area contributed by atoms with E-state index in [2.05, 4.69) is 6.58 Å². The monoisotopic (exact) mass is 274 g/mol. The fourth-order valence-electron chi connectivity index (χ4n) is 2.45. The smallest absolute Gasteiger partial charge is 0.359 e. The zero-order chi connectivity index (χ0) is 14.8. The number of ketones is 1. The number of carbonyl (C=O) groups is 2. The summed E-state index contributed by atoms with van der Waals surface area (Å²) in [6.07, 6.45) is 2.31. The molecule has 1 aliphatic rings. The fraction of sp³-hybridized carbons (Fsp3) is 0.375. The first-order chi connectivity index (χ1) is 9.60. The maximum Gasteiger partial charge on any atom is 0.359 e. The van der Waals surface area contributed by atoms with Gasteiger partial charge in [-0.25, -0.2) is 4.79 Å². The number of rotatable bonds is 5. The first kappa shape index (κ1) is 14.3. The molecule has 0 fully saturated rings. The Bertz CT molecular complexity index is 562. The molecule has 1 aromatic rings. The van der Waals surface area contributed by atoms with Gasteiger partial charge in [-0.1, -0.05) is 25.1 Å². The highest BCUT2D eigenvalue weighted by atomic mass is 16.6. The van der Waals surface area contributed by atoms with E-state index in [1.807, 2.05) is 19.1 Å². The molecule has 0 saturated carbocycles. The van der Waals surface area contributed by atoms with E-state index in [9.17, 15) is 9.59 Å². The number of ether oxygens (including phenoxy) is 2. The van der Waals surface area contributed by atoms with Crippen LogP contribution in [0.25, 0.3) is 0 Å². The van der Waals surface area contributed by atoms with Crippen molar-refractivity contribution in [2.75, 3.05) is 6.61 Å². The zero-order valence-electron chi connectivity index (χ0n) is 11.8. The largest absolute Gasteiger partial charge is 0.466 e. The predicted octanol–water partition coefficient (Wildman–Crippen LogP) is 2.70. The van der Waals surface area contributed by atoms with Crippen LogP contribution in [0.2, 0.25) is 0 Å². The van der Waals surface area contributed by atoms with Gasteiger partial charge in [0.2, 0.25) is 5.78 Å². The van der Waals surface area contributed by atoms with Gasteiger partial charge in [-0.3, -0.25) is 4.79 Å². The topological polar surface area (TPSA) is 52.6 Å². The molecule has 0 spiro atoms. The summed E-state index contributed by atoms with van der Waals surface area (Å²) in [4.78, 5) is 25.0. The second kappa shape index (κ2) is 5.49.